The van der Waals surface area contributed by atoms with Crippen molar-refractivity contribution in [3.8, 4) is 0 Å². The van der Waals surface area contributed by atoms with Gasteiger partial charge in [0, 0.05) is 26.2 Å². The molecule has 4 rings (SSSR count). The van der Waals surface area contributed by atoms with Gasteiger partial charge in [0.1, 0.15) is 5.15 Å². The highest BCUT2D eigenvalue weighted by Crippen LogP contribution is 2.24. The summed E-state index contributed by atoms with van der Waals surface area (Å²) in [6.45, 7) is 5.20. The van der Waals surface area contributed by atoms with Crippen LogP contribution in [0.3, 0.4) is 0 Å². The van der Waals surface area contributed by atoms with E-state index in [2.05, 4.69) is 5.10 Å². The lowest BCUT2D eigenvalue weighted by Crippen LogP contribution is -2.50. The summed E-state index contributed by atoms with van der Waals surface area (Å²) < 4.78 is 28.9. The number of amides is 1. The van der Waals surface area contributed by atoms with Crippen molar-refractivity contribution in [2.45, 2.75) is 25.3 Å². The van der Waals surface area contributed by atoms with E-state index in [0.29, 0.717) is 36.0 Å². The first-order chi connectivity index (χ1) is 15.3. The van der Waals surface area contributed by atoms with Gasteiger partial charge >= 0.3 is 0 Å². The highest BCUT2D eigenvalue weighted by Gasteiger charge is 2.32. The van der Waals surface area contributed by atoms with Crippen LogP contribution in [0.5, 0.6) is 0 Å². The van der Waals surface area contributed by atoms with E-state index < -0.39 is 10.0 Å². The van der Waals surface area contributed by atoms with Crippen LogP contribution in [0.25, 0.3) is 0 Å². The summed E-state index contributed by atoms with van der Waals surface area (Å²) in [5.74, 6) is -0.223. The van der Waals surface area contributed by atoms with E-state index in [4.69, 9.17) is 11.6 Å². The third kappa shape index (κ3) is 4.44. The van der Waals surface area contributed by atoms with Crippen LogP contribution in [0.1, 0.15) is 27.2 Å². The molecule has 2 heterocycles. The third-order valence-electron chi connectivity index (χ3n) is 5.64. The molecule has 1 amide bonds. The van der Waals surface area contributed by atoms with E-state index in [1.165, 1.54) is 4.31 Å². The monoisotopic (exact) mass is 472 g/mol. The number of hydrogen-bond acceptors (Lipinski definition) is 4. The van der Waals surface area contributed by atoms with E-state index in [1.54, 1.807) is 40.8 Å². The molecule has 0 aliphatic carbocycles. The Balaban J connectivity index is 1.46. The van der Waals surface area contributed by atoms with Crippen LogP contribution in [0.15, 0.2) is 59.5 Å². The molecule has 7 nitrogen and oxygen atoms in total. The number of aromatic nitrogens is 2. The van der Waals surface area contributed by atoms with Gasteiger partial charge in [-0.3, -0.25) is 4.79 Å². The molecule has 2 aromatic carbocycles. The van der Waals surface area contributed by atoms with Gasteiger partial charge in [-0.25, -0.2) is 13.1 Å². The van der Waals surface area contributed by atoms with Gasteiger partial charge in [0.2, 0.25) is 10.0 Å². The molecular formula is C23H25ClN4O3S. The zero-order chi connectivity index (χ0) is 22.9. The lowest BCUT2D eigenvalue weighted by atomic mass is 10.2. The van der Waals surface area contributed by atoms with Gasteiger partial charge in [-0.15, -0.1) is 0 Å². The molecular weight excluding hydrogens is 448 g/mol. The number of aryl methyl sites for hydroxylation is 2. The number of rotatable bonds is 5. The maximum atomic E-state index is 13.2. The fourth-order valence-corrected chi connectivity index (χ4v) is 5.54. The van der Waals surface area contributed by atoms with E-state index in [-0.39, 0.29) is 23.9 Å². The van der Waals surface area contributed by atoms with Crippen molar-refractivity contribution in [2.75, 3.05) is 26.2 Å². The molecule has 1 fully saturated rings. The molecule has 168 valence electrons. The number of benzene rings is 2. The van der Waals surface area contributed by atoms with Crippen LogP contribution >= 0.6 is 11.6 Å². The lowest BCUT2D eigenvalue weighted by molar-refractivity contribution is 0.0697. The Bertz CT molecular complexity index is 1220. The van der Waals surface area contributed by atoms with Gasteiger partial charge in [0.05, 0.1) is 22.7 Å². The van der Waals surface area contributed by atoms with Crippen LogP contribution in [-0.4, -0.2) is 59.5 Å². The first-order valence-corrected chi connectivity index (χ1v) is 12.2. The lowest BCUT2D eigenvalue weighted by Gasteiger charge is -2.34. The van der Waals surface area contributed by atoms with Gasteiger partial charge in [0.15, 0.2) is 0 Å². The normalized spacial score (nSPS) is 15.2. The van der Waals surface area contributed by atoms with Crippen molar-refractivity contribution in [3.63, 3.8) is 0 Å². The van der Waals surface area contributed by atoms with Crippen LogP contribution in [-0.2, 0) is 16.6 Å². The minimum absolute atomic E-state index is 0.223. The molecule has 1 aliphatic rings. The maximum absolute atomic E-state index is 13.2. The number of halogens is 1. The summed E-state index contributed by atoms with van der Waals surface area (Å²) in [4.78, 5) is 15.1. The number of hydrogen-bond donors (Lipinski definition) is 0. The zero-order valence-electron chi connectivity index (χ0n) is 18.0. The molecule has 0 saturated carbocycles. The Morgan fingerprint density at radius 1 is 0.969 bits per heavy atom. The van der Waals surface area contributed by atoms with E-state index in [0.717, 1.165) is 11.1 Å². The predicted octanol–water partition coefficient (Wildman–Crippen LogP) is 3.35. The Kier molecular flexibility index (Phi) is 6.37. The predicted molar refractivity (Wildman–Crippen MR) is 123 cm³/mol. The Labute approximate surface area is 193 Å². The zero-order valence-corrected chi connectivity index (χ0v) is 19.6. The molecule has 0 radical (unpaired) electrons. The molecule has 1 aliphatic heterocycles. The average Bonchev–Trinajstić information content (AvgIpc) is 3.07. The molecule has 1 saturated heterocycles. The Morgan fingerprint density at radius 3 is 2.22 bits per heavy atom. The minimum atomic E-state index is -3.59. The third-order valence-corrected chi connectivity index (χ3v) is 7.94. The number of carbonyl (C=O) groups excluding carboxylic acids is 1. The van der Waals surface area contributed by atoms with Crippen LogP contribution in [0.2, 0.25) is 5.15 Å². The fourth-order valence-electron chi connectivity index (χ4n) is 3.81. The molecule has 0 unspecified atom stereocenters. The van der Waals surface area contributed by atoms with Crippen molar-refractivity contribution in [3.05, 3.63) is 82.1 Å². The maximum Gasteiger partial charge on any atom is 0.258 e. The fraction of sp³-hybridized carbons (Fsp3) is 0.304. The summed E-state index contributed by atoms with van der Waals surface area (Å²) in [7, 11) is -3.59. The smallest absolute Gasteiger partial charge is 0.258 e. The molecule has 0 spiro atoms. The summed E-state index contributed by atoms with van der Waals surface area (Å²) in [5, 5.41) is 4.75. The number of sulfonamides is 1. The highest BCUT2D eigenvalue weighted by molar-refractivity contribution is 7.89. The van der Waals surface area contributed by atoms with Crippen molar-refractivity contribution in [2.24, 2.45) is 0 Å². The SMILES string of the molecule is Cc1ccc(S(=O)(=O)N2CCN(C(=O)c3c(C)nn(Cc4ccccc4)c3Cl)CC2)cc1. The quantitative estimate of drug-likeness (QED) is 0.570. The van der Waals surface area contributed by atoms with Crippen molar-refractivity contribution in [1.29, 1.82) is 0 Å². The Morgan fingerprint density at radius 2 is 1.59 bits per heavy atom. The molecule has 0 atom stereocenters. The first kappa shape index (κ1) is 22.5. The van der Waals surface area contributed by atoms with Gasteiger partial charge in [-0.2, -0.15) is 9.40 Å². The van der Waals surface area contributed by atoms with E-state index in [9.17, 15) is 13.2 Å². The van der Waals surface area contributed by atoms with Gasteiger partial charge in [0.25, 0.3) is 5.91 Å². The second-order valence-corrected chi connectivity index (χ2v) is 10.2. The first-order valence-electron chi connectivity index (χ1n) is 10.4. The average molecular weight is 473 g/mol. The molecule has 1 aromatic heterocycles. The van der Waals surface area contributed by atoms with Crippen LogP contribution in [0, 0.1) is 13.8 Å². The second kappa shape index (κ2) is 9.05. The Hall–Kier alpha value is -2.68. The van der Waals surface area contributed by atoms with Gasteiger partial charge in [-0.05, 0) is 31.5 Å². The topological polar surface area (TPSA) is 75.5 Å². The van der Waals surface area contributed by atoms with Gasteiger partial charge < -0.3 is 4.90 Å². The summed E-state index contributed by atoms with van der Waals surface area (Å²) >= 11 is 6.53. The van der Waals surface area contributed by atoms with Crippen molar-refractivity contribution < 1.29 is 13.2 Å². The summed E-state index contributed by atoms with van der Waals surface area (Å²) in [6.07, 6.45) is 0. The van der Waals surface area contributed by atoms with Crippen molar-refractivity contribution in [1.82, 2.24) is 19.0 Å². The van der Waals surface area contributed by atoms with E-state index >= 15 is 0 Å². The molecule has 0 N–H and O–H groups in total. The number of carbonyl (C=O) groups is 1. The molecule has 3 aromatic rings. The van der Waals surface area contributed by atoms with Gasteiger partial charge in [-0.1, -0.05) is 59.6 Å². The van der Waals surface area contributed by atoms with Crippen LogP contribution in [0.4, 0.5) is 0 Å². The second-order valence-electron chi connectivity index (χ2n) is 7.90. The summed E-state index contributed by atoms with van der Waals surface area (Å²) in [5.41, 5.74) is 2.97. The van der Waals surface area contributed by atoms with Crippen LogP contribution < -0.4 is 0 Å². The summed E-state index contributed by atoms with van der Waals surface area (Å²) in [6, 6.07) is 16.6. The molecule has 32 heavy (non-hydrogen) atoms. The standard InChI is InChI=1S/C23H25ClN4O3S/c1-17-8-10-20(11-9-17)32(30,31)27-14-12-26(13-15-27)23(29)21-18(2)25-28(22(21)24)16-19-6-4-3-5-7-19/h3-11H,12-16H2,1-2H3. The largest absolute Gasteiger partial charge is 0.336 e. The number of piperazine rings is 1. The highest BCUT2D eigenvalue weighted by atomic mass is 35.5. The molecule has 9 heteroatoms. The van der Waals surface area contributed by atoms with Crippen molar-refractivity contribution >= 4 is 27.5 Å². The number of nitrogens with zero attached hydrogens (tertiary/aromatic N) is 4. The minimum Gasteiger partial charge on any atom is -0.336 e. The molecule has 0 bridgehead atoms. The van der Waals surface area contributed by atoms with E-state index in [1.807, 2.05) is 37.3 Å².